The molecule has 2 heteroatoms. The molecule has 0 N–H and O–H groups in total. The van der Waals surface area contributed by atoms with Crippen molar-refractivity contribution in [2.45, 2.75) is 13.3 Å². The molecule has 6 rings (SSSR count). The zero-order valence-corrected chi connectivity index (χ0v) is 16.0. The van der Waals surface area contributed by atoms with Crippen LogP contribution in [0.1, 0.15) is 11.8 Å². The maximum atomic E-state index is 2.38. The number of fused-ring (bicyclic) bond motifs is 9. The van der Waals surface area contributed by atoms with Crippen LogP contribution in [-0.2, 0) is 6.42 Å². The molecule has 0 atom stereocenters. The number of hydrogen-bond acceptors (Lipinski definition) is 2. The maximum absolute atomic E-state index is 2.38. The molecule has 0 nitrogen and oxygen atoms in total. The molecule has 0 amide bonds. The first kappa shape index (κ1) is 14.7. The Morgan fingerprint density at radius 2 is 1.12 bits per heavy atom. The van der Waals surface area contributed by atoms with E-state index >= 15 is 0 Å². The fraction of sp³-hybridized carbons (Fsp3) is 0.0833. The fourth-order valence-electron chi connectivity index (χ4n) is 4.24. The first-order valence-electron chi connectivity index (χ1n) is 9.00. The van der Waals surface area contributed by atoms with Gasteiger partial charge in [-0.2, -0.15) is 0 Å². The highest BCUT2D eigenvalue weighted by atomic mass is 32.1. The molecule has 0 radical (unpaired) electrons. The molecule has 0 saturated carbocycles. The number of thiophene rings is 2. The van der Waals surface area contributed by atoms with Crippen molar-refractivity contribution >= 4 is 75.2 Å². The van der Waals surface area contributed by atoms with Crippen LogP contribution in [0.2, 0.25) is 0 Å². The van der Waals surface area contributed by atoms with Crippen molar-refractivity contribution in [3.63, 3.8) is 0 Å². The average Bonchev–Trinajstić information content (AvgIpc) is 3.33. The van der Waals surface area contributed by atoms with Crippen molar-refractivity contribution in [1.29, 1.82) is 0 Å². The molecule has 0 spiro atoms. The normalized spacial score (nSPS) is 12.2. The Labute approximate surface area is 159 Å². The minimum absolute atomic E-state index is 1.11. The van der Waals surface area contributed by atoms with E-state index < -0.39 is 0 Å². The zero-order valence-electron chi connectivity index (χ0n) is 14.4. The van der Waals surface area contributed by atoms with Gasteiger partial charge in [0.05, 0.1) is 0 Å². The van der Waals surface area contributed by atoms with Gasteiger partial charge in [-0.3, -0.25) is 0 Å². The molecule has 2 heterocycles. The lowest BCUT2D eigenvalue weighted by Gasteiger charge is -2.09. The second-order valence-electron chi connectivity index (χ2n) is 6.86. The van der Waals surface area contributed by atoms with Gasteiger partial charge in [0.1, 0.15) is 0 Å². The molecule has 0 saturated heterocycles. The van der Waals surface area contributed by atoms with Crippen molar-refractivity contribution in [3.05, 3.63) is 70.9 Å². The van der Waals surface area contributed by atoms with Gasteiger partial charge < -0.3 is 0 Å². The smallest absolute Gasteiger partial charge is 0.0352 e. The second-order valence-corrected chi connectivity index (χ2v) is 8.97. The van der Waals surface area contributed by atoms with E-state index in [0.29, 0.717) is 0 Å². The van der Waals surface area contributed by atoms with Gasteiger partial charge in [0, 0.05) is 25.0 Å². The molecule has 0 aliphatic rings. The van der Waals surface area contributed by atoms with Crippen molar-refractivity contribution in [2.24, 2.45) is 0 Å². The summed E-state index contributed by atoms with van der Waals surface area (Å²) in [6, 6.07) is 23.1. The lowest BCUT2D eigenvalue weighted by atomic mass is 9.95. The number of benzene rings is 4. The quantitative estimate of drug-likeness (QED) is 0.257. The standard InChI is InChI=1S/C24H16S2/c1-2-14-13-22-20-6-4-15-16(18(20)8-10-24(22)26-14)3-5-19-17(15)7-9-23-21(19)11-12-25-23/h3-13H,2H2,1H3. The Morgan fingerprint density at radius 3 is 1.77 bits per heavy atom. The topological polar surface area (TPSA) is 0 Å². The highest BCUT2D eigenvalue weighted by molar-refractivity contribution is 7.19. The van der Waals surface area contributed by atoms with E-state index in [9.17, 15) is 0 Å². The third kappa shape index (κ3) is 1.89. The van der Waals surface area contributed by atoms with Crippen LogP contribution in [0.3, 0.4) is 0 Å². The summed E-state index contributed by atoms with van der Waals surface area (Å²) in [4.78, 5) is 1.46. The van der Waals surface area contributed by atoms with Crippen molar-refractivity contribution in [2.75, 3.05) is 0 Å². The molecule has 0 bridgehead atoms. The molecule has 6 aromatic rings. The first-order chi connectivity index (χ1) is 12.8. The Morgan fingerprint density at radius 1 is 0.577 bits per heavy atom. The van der Waals surface area contributed by atoms with Crippen molar-refractivity contribution < 1.29 is 0 Å². The summed E-state index contributed by atoms with van der Waals surface area (Å²) in [5.74, 6) is 0. The molecule has 0 unspecified atom stereocenters. The summed E-state index contributed by atoms with van der Waals surface area (Å²) in [5.41, 5.74) is 0. The molecule has 26 heavy (non-hydrogen) atoms. The highest BCUT2D eigenvalue weighted by Gasteiger charge is 2.10. The summed E-state index contributed by atoms with van der Waals surface area (Å²) in [6.45, 7) is 2.24. The van der Waals surface area contributed by atoms with E-state index in [0.717, 1.165) is 6.42 Å². The van der Waals surface area contributed by atoms with Crippen LogP contribution in [0.5, 0.6) is 0 Å². The SMILES string of the molecule is CCc1cc2c(ccc3c2ccc2c4ccc5sccc5c4ccc32)s1. The van der Waals surface area contributed by atoms with E-state index in [4.69, 9.17) is 0 Å². The van der Waals surface area contributed by atoms with E-state index in [2.05, 4.69) is 73.0 Å². The summed E-state index contributed by atoms with van der Waals surface area (Å²) in [6.07, 6.45) is 1.11. The average molecular weight is 369 g/mol. The molecule has 2 aromatic heterocycles. The Kier molecular flexibility index (Phi) is 3.00. The van der Waals surface area contributed by atoms with Crippen molar-refractivity contribution in [1.82, 2.24) is 0 Å². The molecule has 0 fully saturated rings. The predicted molar refractivity (Wildman–Crippen MR) is 119 cm³/mol. The first-order valence-corrected chi connectivity index (χ1v) is 10.7. The summed E-state index contributed by atoms with van der Waals surface area (Å²) in [5, 5.41) is 13.1. The van der Waals surface area contributed by atoms with Crippen LogP contribution in [-0.4, -0.2) is 0 Å². The van der Waals surface area contributed by atoms with Gasteiger partial charge in [0.25, 0.3) is 0 Å². The number of hydrogen-bond donors (Lipinski definition) is 0. The van der Waals surface area contributed by atoms with Crippen LogP contribution in [0, 0.1) is 0 Å². The second kappa shape index (κ2) is 5.29. The maximum Gasteiger partial charge on any atom is 0.0352 e. The highest BCUT2D eigenvalue weighted by Crippen LogP contribution is 2.39. The van der Waals surface area contributed by atoms with Crippen molar-refractivity contribution in [3.8, 4) is 0 Å². The van der Waals surface area contributed by atoms with Crippen LogP contribution < -0.4 is 0 Å². The van der Waals surface area contributed by atoms with E-state index in [1.54, 1.807) is 0 Å². The van der Waals surface area contributed by atoms with Gasteiger partial charge in [-0.25, -0.2) is 0 Å². The summed E-state index contributed by atoms with van der Waals surface area (Å²) in [7, 11) is 0. The Balaban J connectivity index is 1.79. The fourth-order valence-corrected chi connectivity index (χ4v) is 6.06. The zero-order chi connectivity index (χ0) is 17.3. The van der Waals surface area contributed by atoms with E-state index in [-0.39, 0.29) is 0 Å². The molecule has 124 valence electrons. The lowest BCUT2D eigenvalue weighted by Crippen LogP contribution is -1.81. The van der Waals surface area contributed by atoms with Crippen LogP contribution >= 0.6 is 22.7 Å². The van der Waals surface area contributed by atoms with Crippen LogP contribution in [0.25, 0.3) is 52.5 Å². The van der Waals surface area contributed by atoms with Crippen LogP contribution in [0.15, 0.2) is 66.0 Å². The molecule has 4 aromatic carbocycles. The number of aryl methyl sites for hydroxylation is 1. The minimum atomic E-state index is 1.11. The molecule has 0 aliphatic heterocycles. The van der Waals surface area contributed by atoms with Gasteiger partial charge in [-0.15, -0.1) is 22.7 Å². The van der Waals surface area contributed by atoms with Crippen LogP contribution in [0.4, 0.5) is 0 Å². The van der Waals surface area contributed by atoms with Gasteiger partial charge >= 0.3 is 0 Å². The third-order valence-corrected chi connectivity index (χ3v) is 7.65. The third-order valence-electron chi connectivity index (χ3n) is 5.52. The summed E-state index contributed by atoms with van der Waals surface area (Å²) >= 11 is 3.74. The largest absolute Gasteiger partial charge is 0.144 e. The van der Waals surface area contributed by atoms with Gasteiger partial charge in [-0.05, 0) is 68.4 Å². The monoisotopic (exact) mass is 368 g/mol. The van der Waals surface area contributed by atoms with Gasteiger partial charge in [-0.1, -0.05) is 43.3 Å². The Hall–Kier alpha value is -2.42. The lowest BCUT2D eigenvalue weighted by molar-refractivity contribution is 1.19. The minimum Gasteiger partial charge on any atom is -0.144 e. The number of rotatable bonds is 1. The summed E-state index contributed by atoms with van der Waals surface area (Å²) < 4.78 is 2.76. The predicted octanol–water partition coefficient (Wildman–Crippen LogP) is 8.14. The van der Waals surface area contributed by atoms with E-state index in [1.165, 1.54) is 57.4 Å². The molecule has 0 aliphatic carbocycles. The molecular formula is C24H16S2. The molecular weight excluding hydrogens is 352 g/mol. The Bertz CT molecular complexity index is 1460. The van der Waals surface area contributed by atoms with Gasteiger partial charge in [0.2, 0.25) is 0 Å². The van der Waals surface area contributed by atoms with Gasteiger partial charge in [0.15, 0.2) is 0 Å². The van der Waals surface area contributed by atoms with E-state index in [1.807, 2.05) is 22.7 Å².